The fourth-order valence-corrected chi connectivity index (χ4v) is 3.32. The second-order valence-electron chi connectivity index (χ2n) is 6.30. The summed E-state index contributed by atoms with van der Waals surface area (Å²) < 4.78 is 1.97. The van der Waals surface area contributed by atoms with Crippen LogP contribution in [0.2, 0.25) is 0 Å². The lowest BCUT2D eigenvalue weighted by Crippen LogP contribution is -2.40. The maximum absolute atomic E-state index is 4.55. The lowest BCUT2D eigenvalue weighted by molar-refractivity contribution is 0.855. The third-order valence-electron chi connectivity index (χ3n) is 4.69. The average Bonchev–Trinajstić information content (AvgIpc) is 3.30. The van der Waals surface area contributed by atoms with Gasteiger partial charge in [0.05, 0.1) is 0 Å². The molecule has 27 heavy (non-hydrogen) atoms. The monoisotopic (exact) mass is 474 g/mol. The molecule has 1 aliphatic heterocycles. The van der Waals surface area contributed by atoms with Gasteiger partial charge in [-0.05, 0) is 36.6 Å². The van der Waals surface area contributed by atoms with Crippen LogP contribution in [0.1, 0.15) is 17.0 Å². The smallest absolute Gasteiger partial charge is 0.198 e. The highest BCUT2D eigenvalue weighted by Crippen LogP contribution is 2.27. The van der Waals surface area contributed by atoms with E-state index in [0.717, 1.165) is 36.1 Å². The number of aromatic nitrogens is 3. The molecule has 0 amide bonds. The van der Waals surface area contributed by atoms with E-state index >= 15 is 0 Å². The molecular weight excluding hydrogens is 451 g/mol. The number of rotatable bonds is 3. The van der Waals surface area contributed by atoms with Crippen LogP contribution < -0.4 is 10.2 Å². The highest BCUT2D eigenvalue weighted by molar-refractivity contribution is 14.0. The summed E-state index contributed by atoms with van der Waals surface area (Å²) >= 11 is 0. The minimum Gasteiger partial charge on any atom is -0.352 e. The number of para-hydroxylation sites is 1. The first-order valence-corrected chi connectivity index (χ1v) is 8.77. The van der Waals surface area contributed by atoms with Gasteiger partial charge in [-0.3, -0.25) is 9.56 Å². The summed E-state index contributed by atoms with van der Waals surface area (Å²) in [5, 5.41) is 3.45. The van der Waals surface area contributed by atoms with Crippen LogP contribution in [-0.4, -0.2) is 34.1 Å². The minimum atomic E-state index is 0. The fraction of sp³-hybridized carbons (Fsp3) is 0.250. The van der Waals surface area contributed by atoms with Gasteiger partial charge < -0.3 is 10.2 Å². The Morgan fingerprint density at radius 3 is 2.74 bits per heavy atom. The second kappa shape index (κ2) is 8.51. The number of halogens is 1. The van der Waals surface area contributed by atoms with Crippen molar-refractivity contribution in [1.29, 1.82) is 0 Å². The molecule has 0 atom stereocenters. The van der Waals surface area contributed by atoms with E-state index in [4.69, 9.17) is 0 Å². The number of guanidine groups is 1. The lowest BCUT2D eigenvalue weighted by Gasteiger charge is -2.22. The molecule has 0 fully saturated rings. The maximum atomic E-state index is 4.55. The fourth-order valence-electron chi connectivity index (χ4n) is 3.32. The summed E-state index contributed by atoms with van der Waals surface area (Å²) in [5.41, 5.74) is 3.72. The van der Waals surface area contributed by atoms with Gasteiger partial charge in [0.15, 0.2) is 5.96 Å². The number of aryl methyl sites for hydroxylation is 1. The van der Waals surface area contributed by atoms with E-state index < -0.39 is 0 Å². The molecule has 4 rings (SSSR count). The van der Waals surface area contributed by atoms with E-state index in [-0.39, 0.29) is 24.0 Å². The molecule has 0 radical (unpaired) electrons. The van der Waals surface area contributed by atoms with Crippen LogP contribution >= 0.6 is 24.0 Å². The van der Waals surface area contributed by atoms with E-state index in [0.29, 0.717) is 6.54 Å². The van der Waals surface area contributed by atoms with Crippen molar-refractivity contribution in [3.63, 3.8) is 0 Å². The molecule has 0 aliphatic carbocycles. The Bertz CT molecular complexity index is 932. The zero-order valence-corrected chi connectivity index (χ0v) is 17.8. The standard InChI is InChI=1S/C20H22N6.HI/c1-15-22-10-12-25(15)19-8-7-16(13-23-19)14-24-20(21-2)26-11-9-17-5-3-4-6-18(17)26;/h3-8,10,12-13H,9,11,14H2,1-2H3,(H,21,24);1H. The van der Waals surface area contributed by atoms with E-state index in [2.05, 4.69) is 55.5 Å². The molecule has 0 spiro atoms. The molecule has 0 bridgehead atoms. The minimum absolute atomic E-state index is 0. The Morgan fingerprint density at radius 2 is 2.04 bits per heavy atom. The van der Waals surface area contributed by atoms with Crippen LogP contribution in [0.15, 0.2) is 60.0 Å². The molecule has 7 heteroatoms. The average molecular weight is 474 g/mol. The number of anilines is 1. The van der Waals surface area contributed by atoms with Gasteiger partial charge >= 0.3 is 0 Å². The summed E-state index contributed by atoms with van der Waals surface area (Å²) in [6.45, 7) is 3.60. The number of hydrogen-bond donors (Lipinski definition) is 1. The van der Waals surface area contributed by atoms with Crippen molar-refractivity contribution in [2.75, 3.05) is 18.5 Å². The summed E-state index contributed by atoms with van der Waals surface area (Å²) in [7, 11) is 1.83. The summed E-state index contributed by atoms with van der Waals surface area (Å²) in [6.07, 6.45) is 6.65. The molecule has 0 unspecified atom stereocenters. The number of hydrogen-bond acceptors (Lipinski definition) is 3. The first-order valence-electron chi connectivity index (χ1n) is 8.77. The van der Waals surface area contributed by atoms with Crippen LogP contribution in [0.25, 0.3) is 5.82 Å². The summed E-state index contributed by atoms with van der Waals surface area (Å²) in [6, 6.07) is 12.6. The predicted molar refractivity (Wildman–Crippen MR) is 119 cm³/mol. The van der Waals surface area contributed by atoms with Crippen molar-refractivity contribution in [2.24, 2.45) is 4.99 Å². The van der Waals surface area contributed by atoms with E-state index in [1.807, 2.05) is 37.0 Å². The molecule has 1 aromatic carbocycles. The van der Waals surface area contributed by atoms with Crippen LogP contribution in [0.4, 0.5) is 5.69 Å². The van der Waals surface area contributed by atoms with Crippen LogP contribution in [0.5, 0.6) is 0 Å². The summed E-state index contributed by atoms with van der Waals surface area (Å²) in [4.78, 5) is 15.5. The molecule has 1 aliphatic rings. The molecule has 140 valence electrons. The van der Waals surface area contributed by atoms with E-state index in [1.165, 1.54) is 11.3 Å². The zero-order chi connectivity index (χ0) is 17.9. The van der Waals surface area contributed by atoms with Crippen LogP contribution in [0, 0.1) is 6.92 Å². The topological polar surface area (TPSA) is 58.3 Å². The predicted octanol–water partition coefficient (Wildman–Crippen LogP) is 3.33. The number of pyridine rings is 1. The van der Waals surface area contributed by atoms with Crippen LogP contribution in [0.3, 0.4) is 0 Å². The normalized spacial score (nSPS) is 13.3. The van der Waals surface area contributed by atoms with Crippen molar-refractivity contribution in [3.8, 4) is 5.82 Å². The molecular formula is C20H23IN6. The Morgan fingerprint density at radius 1 is 1.19 bits per heavy atom. The Balaban J connectivity index is 0.00000210. The molecule has 0 saturated carbocycles. The Kier molecular flexibility index (Phi) is 6.10. The SMILES string of the molecule is CN=C(NCc1ccc(-n2ccnc2C)nc1)N1CCc2ccccc21.I. The highest BCUT2D eigenvalue weighted by Gasteiger charge is 2.22. The van der Waals surface area contributed by atoms with Crippen molar-refractivity contribution >= 4 is 35.6 Å². The largest absolute Gasteiger partial charge is 0.352 e. The number of nitrogens with zero attached hydrogens (tertiary/aromatic N) is 5. The van der Waals surface area contributed by atoms with Crippen molar-refractivity contribution in [3.05, 3.63) is 71.9 Å². The second-order valence-corrected chi connectivity index (χ2v) is 6.30. The van der Waals surface area contributed by atoms with Gasteiger partial charge in [-0.15, -0.1) is 24.0 Å². The quantitative estimate of drug-likeness (QED) is 0.360. The van der Waals surface area contributed by atoms with Gasteiger partial charge in [0.25, 0.3) is 0 Å². The number of nitrogens with one attached hydrogen (secondary N) is 1. The highest BCUT2D eigenvalue weighted by atomic mass is 127. The van der Waals surface area contributed by atoms with Gasteiger partial charge in [-0.2, -0.15) is 0 Å². The summed E-state index contributed by atoms with van der Waals surface area (Å²) in [5.74, 6) is 2.70. The number of imidazole rings is 1. The number of benzene rings is 1. The molecule has 0 saturated heterocycles. The maximum Gasteiger partial charge on any atom is 0.198 e. The van der Waals surface area contributed by atoms with Gasteiger partial charge in [-0.25, -0.2) is 9.97 Å². The molecule has 6 nitrogen and oxygen atoms in total. The Labute approximate surface area is 176 Å². The van der Waals surface area contributed by atoms with E-state index in [9.17, 15) is 0 Å². The van der Waals surface area contributed by atoms with Crippen LogP contribution in [-0.2, 0) is 13.0 Å². The van der Waals surface area contributed by atoms with Crippen molar-refractivity contribution in [2.45, 2.75) is 19.9 Å². The first-order chi connectivity index (χ1) is 12.8. The Hall–Kier alpha value is -2.42. The lowest BCUT2D eigenvalue weighted by atomic mass is 10.2. The first kappa shape index (κ1) is 19.3. The van der Waals surface area contributed by atoms with E-state index in [1.54, 1.807) is 6.20 Å². The zero-order valence-electron chi connectivity index (χ0n) is 15.5. The molecule has 1 N–H and O–H groups in total. The van der Waals surface area contributed by atoms with Crippen molar-refractivity contribution < 1.29 is 0 Å². The van der Waals surface area contributed by atoms with Gasteiger partial charge in [-0.1, -0.05) is 24.3 Å². The third kappa shape index (κ3) is 3.97. The molecule has 3 aromatic rings. The third-order valence-corrected chi connectivity index (χ3v) is 4.69. The molecule has 2 aromatic heterocycles. The van der Waals surface area contributed by atoms with Gasteiger partial charge in [0.1, 0.15) is 11.6 Å². The number of fused-ring (bicyclic) bond motifs is 1. The van der Waals surface area contributed by atoms with Crippen molar-refractivity contribution in [1.82, 2.24) is 19.9 Å². The molecule has 3 heterocycles. The number of aliphatic imine (C=N–C) groups is 1. The van der Waals surface area contributed by atoms with Gasteiger partial charge in [0.2, 0.25) is 0 Å². The van der Waals surface area contributed by atoms with Gasteiger partial charge in [0, 0.05) is 44.4 Å².